The molecule has 1 atom stereocenters. The number of nitrogens with zero attached hydrogens (tertiary/aromatic N) is 1. The van der Waals surface area contributed by atoms with Crippen LogP contribution in [0, 0.1) is 5.92 Å². The molecule has 4 nitrogen and oxygen atoms in total. The smallest absolute Gasteiger partial charge is 0.257 e. The summed E-state index contributed by atoms with van der Waals surface area (Å²) in [5, 5.41) is 3.82. The molecule has 1 N–H and O–H groups in total. The maximum absolute atomic E-state index is 12.7. The summed E-state index contributed by atoms with van der Waals surface area (Å²) in [7, 11) is 0. The molecular formula is C18H19ClN2O2. The van der Waals surface area contributed by atoms with Gasteiger partial charge < -0.3 is 10.1 Å². The first-order valence-electron chi connectivity index (χ1n) is 7.83. The minimum absolute atomic E-state index is 0.00514. The number of benzene rings is 1. The van der Waals surface area contributed by atoms with Crippen LogP contribution in [0.4, 0.5) is 0 Å². The molecule has 1 amide bonds. The number of rotatable bonds is 6. The average molecular weight is 331 g/mol. The van der Waals surface area contributed by atoms with Crippen LogP contribution in [0.2, 0.25) is 5.02 Å². The molecule has 23 heavy (non-hydrogen) atoms. The summed E-state index contributed by atoms with van der Waals surface area (Å²) in [6, 6.07) is 11.1. The van der Waals surface area contributed by atoms with Crippen LogP contribution < -0.4 is 10.1 Å². The van der Waals surface area contributed by atoms with E-state index in [-0.39, 0.29) is 11.9 Å². The molecule has 3 rings (SSSR count). The number of carbonyl (C=O) groups is 1. The normalized spacial score (nSPS) is 15.0. The number of carbonyl (C=O) groups excluding carboxylic acids is 1. The fraction of sp³-hybridized carbons (Fsp3) is 0.333. The molecule has 0 unspecified atom stereocenters. The van der Waals surface area contributed by atoms with Gasteiger partial charge in [-0.15, -0.1) is 0 Å². The Hall–Kier alpha value is -2.07. The summed E-state index contributed by atoms with van der Waals surface area (Å²) in [5.41, 5.74) is 1.54. The summed E-state index contributed by atoms with van der Waals surface area (Å²) >= 11 is 5.96. The predicted molar refractivity (Wildman–Crippen MR) is 89.8 cm³/mol. The number of halogens is 1. The highest BCUT2D eigenvalue weighted by molar-refractivity contribution is 6.30. The number of hydrogen-bond donors (Lipinski definition) is 1. The van der Waals surface area contributed by atoms with Crippen LogP contribution in [-0.4, -0.2) is 17.5 Å². The van der Waals surface area contributed by atoms with Crippen LogP contribution in [0.5, 0.6) is 5.88 Å². The lowest BCUT2D eigenvalue weighted by molar-refractivity contribution is 0.0927. The van der Waals surface area contributed by atoms with Crippen LogP contribution in [0.1, 0.15) is 41.7 Å². The molecule has 2 aromatic rings. The van der Waals surface area contributed by atoms with Crippen LogP contribution in [0.15, 0.2) is 42.6 Å². The molecule has 120 valence electrons. The monoisotopic (exact) mass is 330 g/mol. The van der Waals surface area contributed by atoms with E-state index < -0.39 is 0 Å². The maximum atomic E-state index is 12.7. The molecule has 1 aromatic heterocycles. The summed E-state index contributed by atoms with van der Waals surface area (Å²) in [6.45, 7) is 2.34. The lowest BCUT2D eigenvalue weighted by Gasteiger charge is -2.19. The Morgan fingerprint density at radius 3 is 2.74 bits per heavy atom. The van der Waals surface area contributed by atoms with E-state index in [1.807, 2.05) is 31.2 Å². The Labute approximate surface area is 140 Å². The predicted octanol–water partition coefficient (Wildman–Crippen LogP) is 4.01. The lowest BCUT2D eigenvalue weighted by atomic mass is 10.0. The fourth-order valence-corrected chi connectivity index (χ4v) is 2.73. The van der Waals surface area contributed by atoms with Crippen molar-refractivity contribution in [1.29, 1.82) is 0 Å². The largest absolute Gasteiger partial charge is 0.477 e. The van der Waals surface area contributed by atoms with Crippen molar-refractivity contribution < 1.29 is 9.53 Å². The molecule has 0 radical (unpaired) electrons. The van der Waals surface area contributed by atoms with Gasteiger partial charge in [0.15, 0.2) is 0 Å². The van der Waals surface area contributed by atoms with E-state index in [9.17, 15) is 4.79 Å². The van der Waals surface area contributed by atoms with Crippen molar-refractivity contribution >= 4 is 17.5 Å². The second-order valence-electron chi connectivity index (χ2n) is 5.63. The van der Waals surface area contributed by atoms with Crippen LogP contribution in [0.3, 0.4) is 0 Å². The highest BCUT2D eigenvalue weighted by Gasteiger charge is 2.34. The third kappa shape index (κ3) is 3.82. The van der Waals surface area contributed by atoms with Crippen molar-refractivity contribution in [3.05, 3.63) is 58.7 Å². The van der Waals surface area contributed by atoms with Crippen molar-refractivity contribution in [2.75, 3.05) is 6.61 Å². The van der Waals surface area contributed by atoms with Crippen molar-refractivity contribution in [2.24, 2.45) is 5.92 Å². The van der Waals surface area contributed by atoms with Gasteiger partial charge in [0.2, 0.25) is 5.88 Å². The van der Waals surface area contributed by atoms with Gasteiger partial charge in [0.1, 0.15) is 5.56 Å². The number of aromatic nitrogens is 1. The summed E-state index contributed by atoms with van der Waals surface area (Å²) in [6.07, 6.45) is 3.87. The minimum Gasteiger partial charge on any atom is -0.477 e. The van der Waals surface area contributed by atoms with Crippen molar-refractivity contribution in [3.8, 4) is 5.88 Å². The molecule has 1 heterocycles. The standard InChI is InChI=1S/C18H19ClN2O2/c1-2-23-18-15(4-3-11-20-18)17(22)21-16(12-5-6-12)13-7-9-14(19)10-8-13/h3-4,7-12,16H,2,5-6H2,1H3,(H,21,22)/t16-/m0/s1. The number of amides is 1. The van der Waals surface area contributed by atoms with Crippen LogP contribution >= 0.6 is 11.6 Å². The van der Waals surface area contributed by atoms with Gasteiger partial charge in [0.05, 0.1) is 12.6 Å². The second kappa shape index (κ2) is 7.01. The molecule has 0 bridgehead atoms. The molecule has 1 fully saturated rings. The first-order chi connectivity index (χ1) is 11.2. The van der Waals surface area contributed by atoms with Gasteiger partial charge in [-0.25, -0.2) is 4.98 Å². The third-order valence-corrected chi connectivity index (χ3v) is 4.16. The number of ether oxygens (including phenoxy) is 1. The van der Waals surface area contributed by atoms with Gasteiger partial charge in [-0.3, -0.25) is 4.79 Å². The maximum Gasteiger partial charge on any atom is 0.257 e. The number of pyridine rings is 1. The highest BCUT2D eigenvalue weighted by Crippen LogP contribution is 2.41. The SMILES string of the molecule is CCOc1ncccc1C(=O)N[C@H](c1ccc(Cl)cc1)C1CC1. The van der Waals surface area contributed by atoms with Gasteiger partial charge in [0.25, 0.3) is 5.91 Å². The summed E-state index contributed by atoms with van der Waals surface area (Å²) in [5.74, 6) is 0.693. The first kappa shape index (κ1) is 15.8. The zero-order chi connectivity index (χ0) is 16.2. The zero-order valence-electron chi connectivity index (χ0n) is 13.0. The Balaban J connectivity index is 1.81. The topological polar surface area (TPSA) is 51.2 Å². The molecule has 0 spiro atoms. The Bertz CT molecular complexity index is 684. The van der Waals surface area contributed by atoms with E-state index in [2.05, 4.69) is 10.3 Å². The number of nitrogens with one attached hydrogen (secondary N) is 1. The Morgan fingerprint density at radius 2 is 2.09 bits per heavy atom. The first-order valence-corrected chi connectivity index (χ1v) is 8.21. The minimum atomic E-state index is -0.159. The molecule has 0 saturated heterocycles. The van der Waals surface area contributed by atoms with E-state index in [4.69, 9.17) is 16.3 Å². The van der Waals surface area contributed by atoms with Gasteiger partial charge in [0, 0.05) is 11.2 Å². The zero-order valence-corrected chi connectivity index (χ0v) is 13.7. The lowest BCUT2D eigenvalue weighted by Crippen LogP contribution is -2.30. The molecular weight excluding hydrogens is 312 g/mol. The molecule has 1 saturated carbocycles. The van der Waals surface area contributed by atoms with E-state index in [1.165, 1.54) is 0 Å². The van der Waals surface area contributed by atoms with Gasteiger partial charge in [-0.1, -0.05) is 23.7 Å². The fourth-order valence-electron chi connectivity index (χ4n) is 2.61. The Morgan fingerprint density at radius 1 is 1.35 bits per heavy atom. The summed E-state index contributed by atoms with van der Waals surface area (Å²) in [4.78, 5) is 16.8. The third-order valence-electron chi connectivity index (χ3n) is 3.91. The molecule has 0 aliphatic heterocycles. The van der Waals surface area contributed by atoms with E-state index in [1.54, 1.807) is 18.3 Å². The quantitative estimate of drug-likeness (QED) is 0.870. The van der Waals surface area contributed by atoms with Crippen molar-refractivity contribution in [3.63, 3.8) is 0 Å². The second-order valence-corrected chi connectivity index (χ2v) is 6.07. The Kier molecular flexibility index (Phi) is 4.82. The molecule has 5 heteroatoms. The van der Waals surface area contributed by atoms with Crippen molar-refractivity contribution in [2.45, 2.75) is 25.8 Å². The van der Waals surface area contributed by atoms with E-state index in [0.29, 0.717) is 29.0 Å². The van der Waals surface area contributed by atoms with Gasteiger partial charge >= 0.3 is 0 Å². The van der Waals surface area contributed by atoms with E-state index in [0.717, 1.165) is 18.4 Å². The molecule has 1 aromatic carbocycles. The summed E-state index contributed by atoms with van der Waals surface area (Å²) < 4.78 is 5.45. The van der Waals surface area contributed by atoms with Crippen molar-refractivity contribution in [1.82, 2.24) is 10.3 Å². The molecule has 1 aliphatic carbocycles. The average Bonchev–Trinajstić information content (AvgIpc) is 3.39. The van der Waals surface area contributed by atoms with Crippen LogP contribution in [-0.2, 0) is 0 Å². The van der Waals surface area contributed by atoms with E-state index >= 15 is 0 Å². The van der Waals surface area contributed by atoms with Crippen LogP contribution in [0.25, 0.3) is 0 Å². The number of hydrogen-bond acceptors (Lipinski definition) is 3. The highest BCUT2D eigenvalue weighted by atomic mass is 35.5. The van der Waals surface area contributed by atoms with Gasteiger partial charge in [-0.05, 0) is 55.5 Å². The van der Waals surface area contributed by atoms with Gasteiger partial charge in [-0.2, -0.15) is 0 Å². The molecule has 1 aliphatic rings.